The Morgan fingerprint density at radius 3 is 2.69 bits per heavy atom. The van der Waals surface area contributed by atoms with Crippen LogP contribution in [0.15, 0.2) is 0 Å². The minimum absolute atomic E-state index is 0. The maximum absolute atomic E-state index is 11.1. The van der Waals surface area contributed by atoms with Gasteiger partial charge in [-0.2, -0.15) is 0 Å². The standard InChI is InChI=1S/C9H17N3O3.ClH/c1-7(13)12-4-2-3-9(15,6-12)5-8(14)11-10;/h15H,2-6,10H2,1H3,(H,11,14);1H. The maximum atomic E-state index is 11.1. The second kappa shape index (κ2) is 6.03. The molecular weight excluding hydrogens is 234 g/mol. The van der Waals surface area contributed by atoms with Crippen molar-refractivity contribution in [3.8, 4) is 0 Å². The first-order valence-electron chi connectivity index (χ1n) is 4.94. The van der Waals surface area contributed by atoms with E-state index in [0.717, 1.165) is 0 Å². The number of β-amino-alcohol motifs (C(OH)–C–C–N with tert-alkyl or cyclic N) is 1. The monoisotopic (exact) mass is 251 g/mol. The average molecular weight is 252 g/mol. The molecule has 1 aliphatic heterocycles. The predicted octanol–water partition coefficient (Wildman–Crippen LogP) is -0.838. The first-order chi connectivity index (χ1) is 6.97. The molecule has 94 valence electrons. The van der Waals surface area contributed by atoms with Gasteiger partial charge in [-0.25, -0.2) is 5.84 Å². The van der Waals surface area contributed by atoms with Crippen LogP contribution in [0.4, 0.5) is 0 Å². The first-order valence-corrected chi connectivity index (χ1v) is 4.94. The van der Waals surface area contributed by atoms with Crippen molar-refractivity contribution in [2.45, 2.75) is 31.8 Å². The van der Waals surface area contributed by atoms with Crippen LogP contribution in [0, 0.1) is 0 Å². The normalized spacial score (nSPS) is 24.6. The molecule has 1 rings (SSSR count). The van der Waals surface area contributed by atoms with E-state index in [1.54, 1.807) is 4.90 Å². The Hall–Kier alpha value is -0.850. The number of nitrogens with one attached hydrogen (secondary N) is 1. The van der Waals surface area contributed by atoms with E-state index in [-0.39, 0.29) is 31.3 Å². The lowest BCUT2D eigenvalue weighted by molar-refractivity contribution is -0.140. The van der Waals surface area contributed by atoms with Gasteiger partial charge in [0.05, 0.1) is 12.0 Å². The number of hydrogen-bond donors (Lipinski definition) is 3. The Kier molecular flexibility index (Phi) is 5.71. The summed E-state index contributed by atoms with van der Waals surface area (Å²) in [4.78, 5) is 23.7. The molecule has 1 aliphatic rings. The largest absolute Gasteiger partial charge is 0.388 e. The molecule has 0 saturated carbocycles. The number of nitrogens with zero attached hydrogens (tertiary/aromatic N) is 1. The molecule has 0 aromatic carbocycles. The summed E-state index contributed by atoms with van der Waals surface area (Å²) >= 11 is 0. The van der Waals surface area contributed by atoms with Crippen LogP contribution >= 0.6 is 12.4 Å². The molecular formula is C9H18ClN3O3. The Bertz CT molecular complexity index is 275. The zero-order valence-corrected chi connectivity index (χ0v) is 10.0. The fraction of sp³-hybridized carbons (Fsp3) is 0.778. The van der Waals surface area contributed by atoms with Crippen LogP contribution in [-0.4, -0.2) is 40.5 Å². The Balaban J connectivity index is 0.00000225. The van der Waals surface area contributed by atoms with Gasteiger partial charge in [-0.15, -0.1) is 12.4 Å². The molecule has 1 heterocycles. The maximum Gasteiger partial charge on any atom is 0.236 e. The molecule has 0 aliphatic carbocycles. The Morgan fingerprint density at radius 2 is 2.19 bits per heavy atom. The van der Waals surface area contributed by atoms with Gasteiger partial charge in [-0.05, 0) is 12.8 Å². The third kappa shape index (κ3) is 3.96. The van der Waals surface area contributed by atoms with Crippen LogP contribution in [0.2, 0.25) is 0 Å². The second-order valence-electron chi connectivity index (χ2n) is 4.01. The SMILES string of the molecule is CC(=O)N1CCCC(O)(CC(=O)NN)C1.Cl. The molecule has 0 aromatic rings. The number of amides is 2. The number of piperidine rings is 1. The van der Waals surface area contributed by atoms with E-state index in [0.29, 0.717) is 19.4 Å². The number of hydrazine groups is 1. The van der Waals surface area contributed by atoms with Crippen molar-refractivity contribution in [2.24, 2.45) is 5.84 Å². The van der Waals surface area contributed by atoms with Gasteiger partial charge < -0.3 is 10.0 Å². The third-order valence-electron chi connectivity index (χ3n) is 2.65. The second-order valence-corrected chi connectivity index (χ2v) is 4.01. The van der Waals surface area contributed by atoms with Gasteiger partial charge in [0.1, 0.15) is 0 Å². The average Bonchev–Trinajstić information content (AvgIpc) is 2.17. The number of rotatable bonds is 2. The summed E-state index contributed by atoms with van der Waals surface area (Å²) in [7, 11) is 0. The molecule has 1 atom stereocenters. The molecule has 4 N–H and O–H groups in total. The molecule has 2 amide bonds. The van der Waals surface area contributed by atoms with E-state index in [9.17, 15) is 14.7 Å². The molecule has 16 heavy (non-hydrogen) atoms. The fourth-order valence-electron chi connectivity index (χ4n) is 1.88. The number of carbonyl (C=O) groups is 2. The minimum atomic E-state index is -1.13. The van der Waals surface area contributed by atoms with Crippen LogP contribution < -0.4 is 11.3 Å². The number of hydrogen-bond acceptors (Lipinski definition) is 4. The smallest absolute Gasteiger partial charge is 0.236 e. The molecule has 6 nitrogen and oxygen atoms in total. The molecule has 1 unspecified atom stereocenters. The molecule has 1 fully saturated rings. The van der Waals surface area contributed by atoms with Gasteiger partial charge in [-0.1, -0.05) is 0 Å². The summed E-state index contributed by atoms with van der Waals surface area (Å²) in [6.45, 7) is 2.30. The van der Waals surface area contributed by atoms with Gasteiger partial charge in [0.15, 0.2) is 0 Å². The summed E-state index contributed by atoms with van der Waals surface area (Å²) in [6.07, 6.45) is 1.16. The summed E-state index contributed by atoms with van der Waals surface area (Å²) in [5, 5.41) is 10.1. The van der Waals surface area contributed by atoms with Crippen molar-refractivity contribution in [3.05, 3.63) is 0 Å². The van der Waals surface area contributed by atoms with Crippen LogP contribution in [0.1, 0.15) is 26.2 Å². The lowest BCUT2D eigenvalue weighted by Crippen LogP contribution is -2.52. The number of carbonyl (C=O) groups excluding carboxylic acids is 2. The van der Waals surface area contributed by atoms with Crippen molar-refractivity contribution in [1.82, 2.24) is 10.3 Å². The molecule has 0 aromatic heterocycles. The molecule has 1 saturated heterocycles. The highest BCUT2D eigenvalue weighted by molar-refractivity contribution is 5.85. The highest BCUT2D eigenvalue weighted by atomic mass is 35.5. The lowest BCUT2D eigenvalue weighted by Gasteiger charge is -2.38. The summed E-state index contributed by atoms with van der Waals surface area (Å²) < 4.78 is 0. The zero-order valence-electron chi connectivity index (χ0n) is 9.23. The molecule has 7 heteroatoms. The van der Waals surface area contributed by atoms with E-state index in [4.69, 9.17) is 5.84 Å². The lowest BCUT2D eigenvalue weighted by atomic mass is 9.89. The van der Waals surface area contributed by atoms with Gasteiger partial charge in [0, 0.05) is 20.0 Å². The molecule has 0 radical (unpaired) electrons. The van der Waals surface area contributed by atoms with Crippen molar-refractivity contribution in [2.75, 3.05) is 13.1 Å². The first kappa shape index (κ1) is 15.2. The highest BCUT2D eigenvalue weighted by Gasteiger charge is 2.35. The predicted molar refractivity (Wildman–Crippen MR) is 60.6 cm³/mol. The van der Waals surface area contributed by atoms with Crippen LogP contribution in [0.25, 0.3) is 0 Å². The van der Waals surface area contributed by atoms with E-state index >= 15 is 0 Å². The molecule has 0 bridgehead atoms. The van der Waals surface area contributed by atoms with Crippen LogP contribution in [-0.2, 0) is 9.59 Å². The summed E-state index contributed by atoms with van der Waals surface area (Å²) in [5.41, 5.74) is 0.848. The number of likely N-dealkylation sites (tertiary alicyclic amines) is 1. The Labute approximate surface area is 101 Å². The van der Waals surface area contributed by atoms with E-state index in [1.165, 1.54) is 6.92 Å². The summed E-state index contributed by atoms with van der Waals surface area (Å²) in [6, 6.07) is 0. The van der Waals surface area contributed by atoms with Gasteiger partial charge >= 0.3 is 0 Å². The molecule has 0 spiro atoms. The number of aliphatic hydroxyl groups is 1. The van der Waals surface area contributed by atoms with Crippen molar-refractivity contribution in [1.29, 1.82) is 0 Å². The summed E-state index contributed by atoms with van der Waals surface area (Å²) in [5.74, 6) is 4.46. The van der Waals surface area contributed by atoms with Crippen LogP contribution in [0.3, 0.4) is 0 Å². The van der Waals surface area contributed by atoms with E-state index < -0.39 is 11.5 Å². The van der Waals surface area contributed by atoms with Gasteiger partial charge in [0.2, 0.25) is 11.8 Å². The number of nitrogens with two attached hydrogens (primary N) is 1. The van der Waals surface area contributed by atoms with E-state index in [2.05, 4.69) is 0 Å². The topological polar surface area (TPSA) is 95.7 Å². The minimum Gasteiger partial charge on any atom is -0.388 e. The fourth-order valence-corrected chi connectivity index (χ4v) is 1.88. The van der Waals surface area contributed by atoms with Crippen molar-refractivity contribution in [3.63, 3.8) is 0 Å². The van der Waals surface area contributed by atoms with E-state index in [1.807, 2.05) is 5.43 Å². The van der Waals surface area contributed by atoms with Crippen molar-refractivity contribution >= 4 is 24.2 Å². The zero-order chi connectivity index (χ0) is 11.5. The quantitative estimate of drug-likeness (QED) is 0.339. The van der Waals surface area contributed by atoms with Crippen molar-refractivity contribution < 1.29 is 14.7 Å². The van der Waals surface area contributed by atoms with Crippen LogP contribution in [0.5, 0.6) is 0 Å². The third-order valence-corrected chi connectivity index (χ3v) is 2.65. The highest BCUT2D eigenvalue weighted by Crippen LogP contribution is 2.24. The number of halogens is 1. The van der Waals surface area contributed by atoms with Gasteiger partial charge in [0.25, 0.3) is 0 Å². The van der Waals surface area contributed by atoms with Gasteiger partial charge in [-0.3, -0.25) is 15.0 Å². The Morgan fingerprint density at radius 1 is 1.56 bits per heavy atom.